The standard InChI is InChI=1S/C18H22N4O.2C2HF3O2/c1-2-13(10-11-19)22-17-12-15(8-9-16(17)21-18(22)20)23-14-6-4-3-5-7-14;2*3-2(4,5)1(6)7/h3-9,12-13H,2,10-11,19H2,1H3,(H2,20,21);2*(H,6,7). The van der Waals surface area contributed by atoms with Crippen molar-refractivity contribution in [2.75, 3.05) is 12.3 Å². The second-order valence-electron chi connectivity index (χ2n) is 7.15. The molecule has 37 heavy (non-hydrogen) atoms. The van der Waals surface area contributed by atoms with Crippen molar-refractivity contribution in [1.29, 1.82) is 0 Å². The van der Waals surface area contributed by atoms with Crippen LogP contribution in [-0.2, 0) is 9.59 Å². The van der Waals surface area contributed by atoms with Crippen molar-refractivity contribution in [2.24, 2.45) is 5.73 Å². The Morgan fingerprint density at radius 2 is 1.49 bits per heavy atom. The first-order valence-electron chi connectivity index (χ1n) is 10.4. The van der Waals surface area contributed by atoms with Crippen LogP contribution in [0, 0.1) is 0 Å². The molecule has 0 aliphatic carbocycles. The van der Waals surface area contributed by atoms with Gasteiger partial charge < -0.3 is 31.0 Å². The summed E-state index contributed by atoms with van der Waals surface area (Å²) >= 11 is 0. The molecule has 204 valence electrons. The van der Waals surface area contributed by atoms with Crippen LogP contribution in [0.4, 0.5) is 32.3 Å². The number of carboxylic acid groups (broad SMARTS) is 2. The first-order chi connectivity index (χ1) is 17.1. The van der Waals surface area contributed by atoms with Crippen LogP contribution in [0.3, 0.4) is 0 Å². The Hall–Kier alpha value is -4.01. The van der Waals surface area contributed by atoms with E-state index in [1.165, 1.54) is 0 Å². The van der Waals surface area contributed by atoms with E-state index >= 15 is 0 Å². The number of imidazole rings is 1. The maximum absolute atomic E-state index is 10.6. The lowest BCUT2D eigenvalue weighted by atomic mass is 10.1. The number of aromatic nitrogens is 2. The number of alkyl halides is 6. The number of nitrogen functional groups attached to an aromatic ring is 1. The highest BCUT2D eigenvalue weighted by molar-refractivity contribution is 5.80. The van der Waals surface area contributed by atoms with Gasteiger partial charge in [0, 0.05) is 12.1 Å². The van der Waals surface area contributed by atoms with Gasteiger partial charge in [0.25, 0.3) is 0 Å². The number of carboxylic acids is 2. The number of rotatable bonds is 6. The predicted molar refractivity (Wildman–Crippen MR) is 121 cm³/mol. The van der Waals surface area contributed by atoms with Crippen molar-refractivity contribution in [3.8, 4) is 11.5 Å². The van der Waals surface area contributed by atoms with Gasteiger partial charge in [-0.05, 0) is 43.7 Å². The van der Waals surface area contributed by atoms with E-state index in [9.17, 15) is 26.3 Å². The SMILES string of the molecule is CCC(CCN)n1c(N)nc2ccc(Oc3ccccc3)cc21.O=C(O)C(F)(F)F.O=C(O)C(F)(F)F. The number of halogens is 6. The normalized spacial score (nSPS) is 12.0. The smallest absolute Gasteiger partial charge is 0.475 e. The molecule has 0 bridgehead atoms. The zero-order chi connectivity index (χ0) is 28.4. The number of fused-ring (bicyclic) bond motifs is 1. The third-order valence-corrected chi connectivity index (χ3v) is 4.49. The lowest BCUT2D eigenvalue weighted by Crippen LogP contribution is -2.21. The van der Waals surface area contributed by atoms with Crippen LogP contribution >= 0.6 is 0 Å². The topological polar surface area (TPSA) is 154 Å². The Morgan fingerprint density at radius 1 is 0.973 bits per heavy atom. The number of nitrogens with two attached hydrogens (primary N) is 2. The zero-order valence-electron chi connectivity index (χ0n) is 19.3. The lowest BCUT2D eigenvalue weighted by Gasteiger charge is -2.18. The van der Waals surface area contributed by atoms with Gasteiger partial charge in [-0.15, -0.1) is 0 Å². The molecule has 3 rings (SSSR count). The summed E-state index contributed by atoms with van der Waals surface area (Å²) in [5, 5.41) is 14.2. The third kappa shape index (κ3) is 9.87. The zero-order valence-corrected chi connectivity index (χ0v) is 19.3. The van der Waals surface area contributed by atoms with Gasteiger partial charge in [-0.2, -0.15) is 26.3 Å². The van der Waals surface area contributed by atoms with Gasteiger partial charge in [-0.1, -0.05) is 25.1 Å². The van der Waals surface area contributed by atoms with Gasteiger partial charge in [0.05, 0.1) is 11.0 Å². The quantitative estimate of drug-likeness (QED) is 0.321. The summed E-state index contributed by atoms with van der Waals surface area (Å²) in [6, 6.07) is 15.8. The monoisotopic (exact) mass is 538 g/mol. The van der Waals surface area contributed by atoms with Crippen molar-refractivity contribution < 1.29 is 50.9 Å². The van der Waals surface area contributed by atoms with Crippen molar-refractivity contribution in [2.45, 2.75) is 38.2 Å². The number of para-hydroxylation sites is 1. The number of hydrogen-bond acceptors (Lipinski definition) is 6. The molecule has 1 unspecified atom stereocenters. The molecular weight excluding hydrogens is 514 g/mol. The fourth-order valence-electron chi connectivity index (χ4n) is 2.87. The molecule has 1 aromatic heterocycles. The summed E-state index contributed by atoms with van der Waals surface area (Å²) in [5.41, 5.74) is 13.7. The van der Waals surface area contributed by atoms with Crippen molar-refractivity contribution >= 4 is 28.9 Å². The summed E-state index contributed by atoms with van der Waals surface area (Å²) in [4.78, 5) is 22.2. The van der Waals surface area contributed by atoms with E-state index in [1.54, 1.807) is 0 Å². The van der Waals surface area contributed by atoms with Crippen LogP contribution in [0.1, 0.15) is 25.8 Å². The van der Waals surface area contributed by atoms with Gasteiger partial charge in [0.1, 0.15) is 11.5 Å². The van der Waals surface area contributed by atoms with Gasteiger partial charge in [0.15, 0.2) is 0 Å². The highest BCUT2D eigenvalue weighted by Crippen LogP contribution is 2.31. The van der Waals surface area contributed by atoms with E-state index in [2.05, 4.69) is 16.5 Å². The van der Waals surface area contributed by atoms with Crippen LogP contribution in [0.15, 0.2) is 48.5 Å². The Bertz CT molecular complexity index is 1140. The van der Waals surface area contributed by atoms with E-state index in [4.69, 9.17) is 36.0 Å². The number of anilines is 1. The largest absolute Gasteiger partial charge is 0.490 e. The average Bonchev–Trinajstić information content (AvgIpc) is 3.12. The molecule has 9 nitrogen and oxygen atoms in total. The second kappa shape index (κ2) is 13.3. The van der Waals surface area contributed by atoms with Gasteiger partial charge in [-0.3, -0.25) is 0 Å². The van der Waals surface area contributed by atoms with Crippen LogP contribution < -0.4 is 16.2 Å². The molecular formula is C22H24F6N4O5. The molecule has 2 aromatic carbocycles. The second-order valence-corrected chi connectivity index (χ2v) is 7.15. The van der Waals surface area contributed by atoms with Crippen LogP contribution in [0.5, 0.6) is 11.5 Å². The molecule has 0 aliphatic heterocycles. The summed E-state index contributed by atoms with van der Waals surface area (Å²) in [6.07, 6.45) is -8.34. The molecule has 6 N–H and O–H groups in total. The number of hydrogen-bond donors (Lipinski definition) is 4. The van der Waals surface area contributed by atoms with E-state index in [1.807, 2.05) is 48.5 Å². The van der Waals surface area contributed by atoms with E-state index in [0.29, 0.717) is 12.5 Å². The molecule has 0 fully saturated rings. The Labute approximate surface area is 206 Å². The number of benzene rings is 2. The highest BCUT2D eigenvalue weighted by atomic mass is 19.4. The van der Waals surface area contributed by atoms with Crippen molar-refractivity contribution in [1.82, 2.24) is 9.55 Å². The van der Waals surface area contributed by atoms with Crippen LogP contribution in [-0.4, -0.2) is 50.6 Å². The fourth-order valence-corrected chi connectivity index (χ4v) is 2.87. The van der Waals surface area contributed by atoms with Gasteiger partial charge in [-0.25, -0.2) is 14.6 Å². The molecule has 1 atom stereocenters. The molecule has 0 saturated carbocycles. The number of aliphatic carboxylic acids is 2. The Balaban J connectivity index is 0.000000404. The molecule has 1 heterocycles. The average molecular weight is 538 g/mol. The van der Waals surface area contributed by atoms with Gasteiger partial charge in [0.2, 0.25) is 5.95 Å². The maximum Gasteiger partial charge on any atom is 0.490 e. The van der Waals surface area contributed by atoms with Crippen LogP contribution in [0.25, 0.3) is 11.0 Å². The fraction of sp³-hybridized carbons (Fsp3) is 0.318. The number of nitrogens with zero attached hydrogens (tertiary/aromatic N) is 2. The Morgan fingerprint density at radius 3 is 1.92 bits per heavy atom. The lowest BCUT2D eigenvalue weighted by molar-refractivity contribution is -0.193. The molecule has 0 saturated heterocycles. The minimum atomic E-state index is -5.08. The minimum Gasteiger partial charge on any atom is -0.475 e. The maximum atomic E-state index is 10.6. The summed E-state index contributed by atoms with van der Waals surface area (Å²) in [6.45, 7) is 2.76. The molecule has 15 heteroatoms. The van der Waals surface area contributed by atoms with E-state index in [-0.39, 0.29) is 6.04 Å². The highest BCUT2D eigenvalue weighted by Gasteiger charge is 2.38. The molecule has 3 aromatic rings. The Kier molecular flexibility index (Phi) is 11.2. The predicted octanol–water partition coefficient (Wildman–Crippen LogP) is 4.98. The molecule has 0 aliphatic rings. The first-order valence-corrected chi connectivity index (χ1v) is 10.4. The summed E-state index contributed by atoms with van der Waals surface area (Å²) in [5.74, 6) is -3.41. The number of ether oxygens (including phenoxy) is 1. The van der Waals surface area contributed by atoms with Crippen molar-refractivity contribution in [3.63, 3.8) is 0 Å². The third-order valence-electron chi connectivity index (χ3n) is 4.49. The van der Waals surface area contributed by atoms with Gasteiger partial charge >= 0.3 is 24.3 Å². The van der Waals surface area contributed by atoms with Crippen LogP contribution in [0.2, 0.25) is 0 Å². The van der Waals surface area contributed by atoms with E-state index in [0.717, 1.165) is 35.4 Å². The molecule has 0 amide bonds. The number of carbonyl (C=O) groups is 2. The summed E-state index contributed by atoms with van der Waals surface area (Å²) in [7, 11) is 0. The molecule has 0 radical (unpaired) electrons. The summed E-state index contributed by atoms with van der Waals surface area (Å²) < 4.78 is 71.5. The minimum absolute atomic E-state index is 0.247. The van der Waals surface area contributed by atoms with Crippen molar-refractivity contribution in [3.05, 3.63) is 48.5 Å². The van der Waals surface area contributed by atoms with E-state index < -0.39 is 24.3 Å². The first kappa shape index (κ1) is 31.0. The molecule has 0 spiro atoms.